The molecule has 0 aliphatic heterocycles. The monoisotopic (exact) mass is 713 g/mol. The van der Waals surface area contributed by atoms with Crippen molar-refractivity contribution in [2.45, 2.75) is 213 Å². The van der Waals surface area contributed by atoms with E-state index in [1.165, 1.54) is 193 Å². The van der Waals surface area contributed by atoms with Gasteiger partial charge in [0.1, 0.15) is 0 Å². The molecule has 0 heteroatoms. The van der Waals surface area contributed by atoms with Gasteiger partial charge in [0.05, 0.1) is 0 Å². The highest BCUT2D eigenvalue weighted by atomic mass is 14.4. The van der Waals surface area contributed by atoms with E-state index in [0.717, 1.165) is 65.1 Å². The Hall–Kier alpha value is -1.04. The second-order valence-corrected chi connectivity index (χ2v) is 19.5. The van der Waals surface area contributed by atoms with Crippen LogP contribution in [0.5, 0.6) is 0 Å². The van der Waals surface area contributed by atoms with Crippen molar-refractivity contribution >= 4 is 0 Å². The van der Waals surface area contributed by atoms with Crippen molar-refractivity contribution in [3.05, 3.63) is 48.6 Å². The SMILES string of the molecule is C1=CC2CCC1C2.CCCCCCC1CC2C=CC1C2.CCCCCCCCC1CC2C=CC1C2.CCCCCCCCCCC1CC2C=CC1C2. The highest BCUT2D eigenvalue weighted by Crippen LogP contribution is 2.47. The van der Waals surface area contributed by atoms with Crippen LogP contribution >= 0.6 is 0 Å². The van der Waals surface area contributed by atoms with Crippen molar-refractivity contribution in [2.75, 3.05) is 0 Å². The van der Waals surface area contributed by atoms with E-state index in [0.29, 0.717) is 0 Å². The van der Waals surface area contributed by atoms with E-state index in [1.54, 1.807) is 0 Å². The molecule has 296 valence electrons. The quantitative estimate of drug-likeness (QED) is 0.0821. The fourth-order valence-electron chi connectivity index (χ4n) is 12.0. The summed E-state index contributed by atoms with van der Waals surface area (Å²) in [5.74, 6) is 11.0. The van der Waals surface area contributed by atoms with E-state index in [2.05, 4.69) is 69.4 Å². The molecule has 11 unspecified atom stereocenters. The predicted octanol–water partition coefficient (Wildman–Crippen LogP) is 16.8. The molecule has 8 bridgehead atoms. The van der Waals surface area contributed by atoms with Gasteiger partial charge in [-0.15, -0.1) is 0 Å². The van der Waals surface area contributed by atoms with Gasteiger partial charge < -0.3 is 0 Å². The summed E-state index contributed by atoms with van der Waals surface area (Å²) < 4.78 is 0. The maximum atomic E-state index is 2.50. The molecule has 0 heterocycles. The number of hydrogen-bond donors (Lipinski definition) is 0. The standard InChI is InChI=1S/C17H30.C15H26.C13H22.C7H10/c1-2-3-4-5-6-7-8-9-10-16-13-15-11-12-17(16)14-15;1-2-3-4-5-6-7-8-14-11-13-9-10-15(14)12-13;1-2-3-4-5-6-12-9-11-7-8-13(12)10-11;1-2-7-4-3-6(1)5-7/h11-12,15-17H,2-10,13-14H2,1H3;9-10,13-15H,2-8,11-12H2,1H3;7-8,11-13H,2-6,9-10H2,1H3;1-2,6-7H,3-5H2. The van der Waals surface area contributed by atoms with Crippen molar-refractivity contribution in [3.8, 4) is 0 Å². The topological polar surface area (TPSA) is 0 Å². The Morgan fingerprint density at radius 3 is 0.808 bits per heavy atom. The minimum Gasteiger partial charge on any atom is -0.0851 e. The van der Waals surface area contributed by atoms with Crippen LogP contribution in [0.3, 0.4) is 0 Å². The molecule has 0 aromatic carbocycles. The van der Waals surface area contributed by atoms with Gasteiger partial charge in [0.2, 0.25) is 0 Å². The van der Waals surface area contributed by atoms with Crippen molar-refractivity contribution in [1.29, 1.82) is 0 Å². The highest BCUT2D eigenvalue weighted by molar-refractivity contribution is 5.11. The highest BCUT2D eigenvalue weighted by Gasteiger charge is 2.36. The van der Waals surface area contributed by atoms with Gasteiger partial charge in [-0.3, -0.25) is 0 Å². The molecule has 0 N–H and O–H groups in total. The molecule has 8 aliphatic rings. The van der Waals surface area contributed by atoms with Gasteiger partial charge in [-0.25, -0.2) is 0 Å². The first kappa shape index (κ1) is 42.1. The zero-order chi connectivity index (χ0) is 36.2. The lowest BCUT2D eigenvalue weighted by molar-refractivity contribution is 0.393. The molecule has 0 radical (unpaired) electrons. The summed E-state index contributed by atoms with van der Waals surface area (Å²) in [6.07, 6.45) is 63.8. The fraction of sp³-hybridized carbons (Fsp3) is 0.846. The smallest absolute Gasteiger partial charge is 0.0199 e. The van der Waals surface area contributed by atoms with Crippen LogP contribution in [-0.4, -0.2) is 0 Å². The molecule has 0 nitrogen and oxygen atoms in total. The van der Waals surface area contributed by atoms with Crippen LogP contribution < -0.4 is 0 Å². The molecule has 8 aliphatic carbocycles. The second-order valence-electron chi connectivity index (χ2n) is 19.5. The van der Waals surface area contributed by atoms with Crippen LogP contribution in [0.2, 0.25) is 0 Å². The summed E-state index contributed by atoms with van der Waals surface area (Å²) in [5.41, 5.74) is 0. The number of fused-ring (bicyclic) bond motifs is 8. The van der Waals surface area contributed by atoms with Crippen LogP contribution in [-0.2, 0) is 0 Å². The largest absolute Gasteiger partial charge is 0.0851 e. The lowest BCUT2D eigenvalue weighted by Gasteiger charge is -2.17. The average molecular weight is 713 g/mol. The van der Waals surface area contributed by atoms with Gasteiger partial charge in [-0.1, -0.05) is 185 Å². The molecule has 0 spiro atoms. The maximum absolute atomic E-state index is 2.50. The van der Waals surface area contributed by atoms with Crippen LogP contribution in [0.4, 0.5) is 0 Å². The Kier molecular flexibility index (Phi) is 19.8. The molecular weight excluding hydrogens is 625 g/mol. The Balaban J connectivity index is 0.000000138. The van der Waals surface area contributed by atoms with Gasteiger partial charge in [-0.2, -0.15) is 0 Å². The van der Waals surface area contributed by atoms with Crippen LogP contribution in [0.25, 0.3) is 0 Å². The second kappa shape index (κ2) is 24.5. The number of hydrogen-bond acceptors (Lipinski definition) is 0. The summed E-state index contributed by atoms with van der Waals surface area (Å²) in [5, 5.41) is 0. The predicted molar refractivity (Wildman–Crippen MR) is 230 cm³/mol. The van der Waals surface area contributed by atoms with E-state index >= 15 is 0 Å². The van der Waals surface area contributed by atoms with Crippen LogP contribution in [0.15, 0.2) is 48.6 Å². The van der Waals surface area contributed by atoms with Crippen molar-refractivity contribution in [1.82, 2.24) is 0 Å². The summed E-state index contributed by atoms with van der Waals surface area (Å²) in [4.78, 5) is 0. The Morgan fingerprint density at radius 1 is 0.288 bits per heavy atom. The molecule has 52 heavy (non-hydrogen) atoms. The van der Waals surface area contributed by atoms with Crippen molar-refractivity contribution in [2.24, 2.45) is 65.1 Å². The van der Waals surface area contributed by atoms with Gasteiger partial charge in [0, 0.05) is 0 Å². The lowest BCUT2D eigenvalue weighted by atomic mass is 9.88. The molecule has 0 amide bonds. The molecule has 0 saturated heterocycles. The minimum absolute atomic E-state index is 0.971. The first-order valence-corrected chi connectivity index (χ1v) is 24.4. The summed E-state index contributed by atoms with van der Waals surface area (Å²) in [7, 11) is 0. The fourth-order valence-corrected chi connectivity index (χ4v) is 12.0. The maximum Gasteiger partial charge on any atom is -0.0199 e. The normalized spacial score (nSPS) is 34.5. The Labute approximate surface area is 326 Å². The van der Waals surface area contributed by atoms with Gasteiger partial charge in [0.15, 0.2) is 0 Å². The first-order chi connectivity index (χ1) is 25.6. The number of allylic oxidation sites excluding steroid dienone is 8. The van der Waals surface area contributed by atoms with E-state index < -0.39 is 0 Å². The van der Waals surface area contributed by atoms with E-state index in [4.69, 9.17) is 0 Å². The van der Waals surface area contributed by atoms with Crippen molar-refractivity contribution < 1.29 is 0 Å². The molecule has 11 atom stereocenters. The number of rotatable bonds is 21. The molecule has 0 aromatic rings. The molecular formula is C52H88. The zero-order valence-electron chi connectivity index (χ0n) is 35.2. The van der Waals surface area contributed by atoms with E-state index in [9.17, 15) is 0 Å². The van der Waals surface area contributed by atoms with Crippen molar-refractivity contribution in [3.63, 3.8) is 0 Å². The lowest BCUT2D eigenvalue weighted by Crippen LogP contribution is -2.06. The van der Waals surface area contributed by atoms with Gasteiger partial charge in [-0.05, 0) is 142 Å². The van der Waals surface area contributed by atoms with Gasteiger partial charge in [0.25, 0.3) is 0 Å². The summed E-state index contributed by atoms with van der Waals surface area (Å²) in [6, 6.07) is 0. The third kappa shape index (κ3) is 14.6. The average Bonchev–Trinajstić information content (AvgIpc) is 4.04. The van der Waals surface area contributed by atoms with Gasteiger partial charge >= 0.3 is 0 Å². The van der Waals surface area contributed by atoms with E-state index in [-0.39, 0.29) is 0 Å². The van der Waals surface area contributed by atoms with Crippen LogP contribution in [0.1, 0.15) is 213 Å². The first-order valence-electron chi connectivity index (χ1n) is 24.4. The molecule has 4 fully saturated rings. The summed E-state index contributed by atoms with van der Waals surface area (Å²) in [6.45, 7) is 6.88. The number of unbranched alkanes of at least 4 members (excludes halogenated alkanes) is 15. The minimum atomic E-state index is 0.971. The molecule has 4 saturated carbocycles. The zero-order valence-corrected chi connectivity index (χ0v) is 35.2. The Bertz CT molecular complexity index is 1030. The third-order valence-electron chi connectivity index (χ3n) is 15.2. The van der Waals surface area contributed by atoms with E-state index in [1.807, 2.05) is 0 Å². The Morgan fingerprint density at radius 2 is 0.577 bits per heavy atom. The van der Waals surface area contributed by atoms with Crippen LogP contribution in [0, 0.1) is 65.1 Å². The third-order valence-corrected chi connectivity index (χ3v) is 15.2. The molecule has 8 rings (SSSR count). The summed E-state index contributed by atoms with van der Waals surface area (Å²) >= 11 is 0. The molecule has 0 aromatic heterocycles.